The van der Waals surface area contributed by atoms with Crippen LogP contribution in [0.1, 0.15) is 64.3 Å². The Bertz CT molecular complexity index is 1120. The number of nitrogens with one attached hydrogen (secondary N) is 1. The lowest BCUT2D eigenvalue weighted by atomic mass is 9.85. The predicted octanol–water partition coefficient (Wildman–Crippen LogP) is 2.01. The Morgan fingerprint density at radius 1 is 1.15 bits per heavy atom. The normalized spacial score (nSPS) is 22.1. The minimum absolute atomic E-state index is 0.160. The predicted molar refractivity (Wildman–Crippen MR) is 118 cm³/mol. The monoisotopic (exact) mass is 453 g/mol. The Morgan fingerprint density at radius 3 is 2.58 bits per heavy atom. The number of hydrogen-bond acceptors (Lipinski definition) is 5. The van der Waals surface area contributed by atoms with Crippen molar-refractivity contribution in [3.8, 4) is 0 Å². The summed E-state index contributed by atoms with van der Waals surface area (Å²) in [4.78, 5) is 40.8. The molecule has 4 heterocycles. The molecular formula is C24H28FN5O3. The standard InChI is InChI=1S/C24H28FN5O3/c1-14-11-26-28(2)21(14)13-29-7-5-15(6-8-29)17-9-16(25)10-18-19(17)12-30(24(18)33)20-3-4-22(31)27-23(20)32/h9-11,15,20H,3-8,12-13H2,1-2H3,(H,27,31,32). The van der Waals surface area contributed by atoms with Crippen molar-refractivity contribution in [1.82, 2.24) is 24.9 Å². The van der Waals surface area contributed by atoms with Crippen molar-refractivity contribution in [2.75, 3.05) is 13.1 Å². The van der Waals surface area contributed by atoms with Crippen molar-refractivity contribution in [3.63, 3.8) is 0 Å². The topological polar surface area (TPSA) is 87.5 Å². The van der Waals surface area contributed by atoms with Gasteiger partial charge in [-0.15, -0.1) is 0 Å². The average Bonchev–Trinajstić information content (AvgIpc) is 3.28. The van der Waals surface area contributed by atoms with E-state index in [1.165, 1.54) is 22.2 Å². The third-order valence-corrected chi connectivity index (χ3v) is 7.33. The number of benzene rings is 1. The van der Waals surface area contributed by atoms with E-state index in [-0.39, 0.29) is 30.7 Å². The number of aryl methyl sites for hydroxylation is 2. The van der Waals surface area contributed by atoms with E-state index in [1.807, 2.05) is 17.9 Å². The van der Waals surface area contributed by atoms with Gasteiger partial charge in [-0.1, -0.05) is 0 Å². The van der Waals surface area contributed by atoms with Crippen LogP contribution < -0.4 is 5.32 Å². The molecule has 0 spiro atoms. The minimum atomic E-state index is -0.692. The molecule has 2 fully saturated rings. The van der Waals surface area contributed by atoms with Crippen molar-refractivity contribution in [2.24, 2.45) is 7.05 Å². The number of fused-ring (bicyclic) bond motifs is 1. The van der Waals surface area contributed by atoms with Crippen LogP contribution in [0.4, 0.5) is 4.39 Å². The molecule has 2 aromatic rings. The smallest absolute Gasteiger partial charge is 0.255 e. The number of halogens is 1. The van der Waals surface area contributed by atoms with Crippen molar-refractivity contribution in [1.29, 1.82) is 0 Å². The molecule has 3 amide bonds. The Balaban J connectivity index is 1.32. The maximum Gasteiger partial charge on any atom is 0.255 e. The summed E-state index contributed by atoms with van der Waals surface area (Å²) in [6, 6.07) is 2.15. The number of imide groups is 1. The van der Waals surface area contributed by atoms with Gasteiger partial charge >= 0.3 is 0 Å². The number of likely N-dealkylation sites (tertiary alicyclic amines) is 1. The first-order chi connectivity index (χ1) is 15.8. The van der Waals surface area contributed by atoms with Gasteiger partial charge in [-0.2, -0.15) is 5.10 Å². The molecule has 0 saturated carbocycles. The van der Waals surface area contributed by atoms with Gasteiger partial charge < -0.3 is 4.90 Å². The van der Waals surface area contributed by atoms with Crippen LogP contribution >= 0.6 is 0 Å². The summed E-state index contributed by atoms with van der Waals surface area (Å²) >= 11 is 0. The van der Waals surface area contributed by atoms with Crippen LogP contribution in [-0.4, -0.2) is 56.4 Å². The molecule has 3 aliphatic heterocycles. The fraction of sp³-hybridized carbons (Fsp3) is 0.500. The molecule has 5 rings (SSSR count). The third kappa shape index (κ3) is 3.94. The van der Waals surface area contributed by atoms with Gasteiger partial charge in [-0.05, 0) is 74.0 Å². The number of piperidine rings is 2. The summed E-state index contributed by atoms with van der Waals surface area (Å²) in [6.07, 6.45) is 4.13. The molecular weight excluding hydrogens is 425 g/mol. The van der Waals surface area contributed by atoms with Crippen molar-refractivity contribution >= 4 is 17.7 Å². The second-order valence-corrected chi connectivity index (χ2v) is 9.37. The summed E-state index contributed by atoms with van der Waals surface area (Å²) in [5.41, 5.74) is 4.43. The van der Waals surface area contributed by atoms with E-state index in [4.69, 9.17) is 0 Å². The number of carbonyl (C=O) groups excluding carboxylic acids is 3. The van der Waals surface area contributed by atoms with E-state index in [1.54, 1.807) is 6.07 Å². The van der Waals surface area contributed by atoms with Crippen LogP contribution in [0.15, 0.2) is 18.3 Å². The second-order valence-electron chi connectivity index (χ2n) is 9.37. The van der Waals surface area contributed by atoms with Gasteiger partial charge in [-0.3, -0.25) is 29.3 Å². The third-order valence-electron chi connectivity index (χ3n) is 7.33. The lowest BCUT2D eigenvalue weighted by molar-refractivity contribution is -0.136. The van der Waals surface area contributed by atoms with Gasteiger partial charge in [0, 0.05) is 32.1 Å². The van der Waals surface area contributed by atoms with Crippen molar-refractivity contribution in [3.05, 3.63) is 52.1 Å². The quantitative estimate of drug-likeness (QED) is 0.716. The fourth-order valence-corrected chi connectivity index (χ4v) is 5.43. The van der Waals surface area contributed by atoms with Crippen LogP contribution in [0, 0.1) is 12.7 Å². The molecule has 1 aromatic heterocycles. The fourth-order valence-electron chi connectivity index (χ4n) is 5.43. The number of hydrogen-bond donors (Lipinski definition) is 1. The number of aromatic nitrogens is 2. The van der Waals surface area contributed by atoms with E-state index in [9.17, 15) is 18.8 Å². The molecule has 2 saturated heterocycles. The maximum absolute atomic E-state index is 14.6. The first-order valence-electron chi connectivity index (χ1n) is 11.5. The van der Waals surface area contributed by atoms with E-state index < -0.39 is 17.8 Å². The lowest BCUT2D eigenvalue weighted by Gasteiger charge is -2.33. The van der Waals surface area contributed by atoms with Crippen LogP contribution in [0.3, 0.4) is 0 Å². The Kier molecular flexibility index (Phi) is 5.52. The molecule has 174 valence electrons. The van der Waals surface area contributed by atoms with E-state index in [0.717, 1.165) is 43.6 Å². The molecule has 1 N–H and O–H groups in total. The van der Waals surface area contributed by atoms with Gasteiger partial charge in [0.15, 0.2) is 0 Å². The van der Waals surface area contributed by atoms with Crippen LogP contribution in [0.25, 0.3) is 0 Å². The molecule has 9 heteroatoms. The van der Waals surface area contributed by atoms with Gasteiger partial charge in [-0.25, -0.2) is 4.39 Å². The molecule has 8 nitrogen and oxygen atoms in total. The van der Waals surface area contributed by atoms with E-state index >= 15 is 0 Å². The second kappa shape index (κ2) is 8.37. The maximum atomic E-state index is 14.6. The molecule has 3 aliphatic rings. The highest BCUT2D eigenvalue weighted by Crippen LogP contribution is 2.38. The van der Waals surface area contributed by atoms with E-state index in [2.05, 4.69) is 22.2 Å². The first-order valence-corrected chi connectivity index (χ1v) is 11.5. The molecule has 0 radical (unpaired) electrons. The zero-order valence-corrected chi connectivity index (χ0v) is 18.9. The molecule has 1 unspecified atom stereocenters. The molecule has 1 atom stereocenters. The Hall–Kier alpha value is -3.07. The SMILES string of the molecule is Cc1cnn(C)c1CN1CCC(c2cc(F)cc3c2CN(C2CCC(=O)NC2=O)C3=O)CC1. The molecule has 0 aliphatic carbocycles. The number of amides is 3. The van der Waals surface area contributed by atoms with E-state index in [0.29, 0.717) is 12.0 Å². The van der Waals surface area contributed by atoms with Crippen molar-refractivity contribution in [2.45, 2.75) is 57.7 Å². The summed E-state index contributed by atoms with van der Waals surface area (Å²) in [7, 11) is 1.95. The minimum Gasteiger partial charge on any atom is -0.322 e. The highest BCUT2D eigenvalue weighted by molar-refractivity contribution is 6.05. The molecule has 0 bridgehead atoms. The number of nitrogens with zero attached hydrogens (tertiary/aromatic N) is 4. The Labute approximate surface area is 191 Å². The van der Waals surface area contributed by atoms with Crippen LogP contribution in [0.2, 0.25) is 0 Å². The zero-order valence-electron chi connectivity index (χ0n) is 18.9. The summed E-state index contributed by atoms with van der Waals surface area (Å²) in [5, 5.41) is 6.64. The highest BCUT2D eigenvalue weighted by Gasteiger charge is 2.41. The molecule has 1 aromatic carbocycles. The summed E-state index contributed by atoms with van der Waals surface area (Å²) in [6.45, 7) is 4.94. The van der Waals surface area contributed by atoms with Crippen LogP contribution in [-0.2, 0) is 29.7 Å². The number of rotatable bonds is 4. The van der Waals surface area contributed by atoms with Gasteiger partial charge in [0.1, 0.15) is 11.9 Å². The summed E-state index contributed by atoms with van der Waals surface area (Å²) in [5.74, 6) is -1.36. The van der Waals surface area contributed by atoms with Crippen molar-refractivity contribution < 1.29 is 18.8 Å². The molecule has 33 heavy (non-hydrogen) atoms. The largest absolute Gasteiger partial charge is 0.322 e. The average molecular weight is 454 g/mol. The van der Waals surface area contributed by atoms with Gasteiger partial charge in [0.05, 0.1) is 11.9 Å². The van der Waals surface area contributed by atoms with Crippen LogP contribution in [0.5, 0.6) is 0 Å². The highest BCUT2D eigenvalue weighted by atomic mass is 19.1. The van der Waals surface area contributed by atoms with Gasteiger partial charge in [0.2, 0.25) is 11.8 Å². The lowest BCUT2D eigenvalue weighted by Crippen LogP contribution is -2.52. The Morgan fingerprint density at radius 2 is 1.91 bits per heavy atom. The zero-order chi connectivity index (χ0) is 23.3. The number of carbonyl (C=O) groups is 3. The summed E-state index contributed by atoms with van der Waals surface area (Å²) < 4.78 is 16.5. The first kappa shape index (κ1) is 21.8. The van der Waals surface area contributed by atoms with Gasteiger partial charge in [0.25, 0.3) is 5.91 Å².